The number of benzene rings is 1. The Labute approximate surface area is 81.1 Å². The molecule has 2 aromatic rings. The number of nitrogens with zero attached hydrogens (tertiary/aromatic N) is 1. The van der Waals surface area contributed by atoms with Crippen molar-refractivity contribution in [1.29, 1.82) is 0 Å². The van der Waals surface area contributed by atoms with Crippen molar-refractivity contribution in [2.24, 2.45) is 0 Å². The first-order valence-electron chi connectivity index (χ1n) is 4.03. The molecule has 0 aliphatic heterocycles. The molecule has 1 aromatic heterocycles. The van der Waals surface area contributed by atoms with Gasteiger partial charge in [-0.1, -0.05) is 12.1 Å². The maximum atomic E-state index is 5.70. The molecule has 1 heterocycles. The van der Waals surface area contributed by atoms with Crippen LogP contribution in [0.5, 0.6) is 0 Å². The molecule has 0 bridgehead atoms. The quantitative estimate of drug-likeness (QED) is 0.702. The second-order valence-electron chi connectivity index (χ2n) is 2.89. The van der Waals surface area contributed by atoms with E-state index in [-0.39, 0.29) is 0 Å². The first-order chi connectivity index (χ1) is 6.27. The number of aryl methyl sites for hydroxylation is 1. The second-order valence-corrected chi connectivity index (χ2v) is 3.75. The van der Waals surface area contributed by atoms with Gasteiger partial charge in [-0.05, 0) is 24.6 Å². The summed E-state index contributed by atoms with van der Waals surface area (Å²) in [5.41, 5.74) is 10.6. The van der Waals surface area contributed by atoms with Gasteiger partial charge in [0.2, 0.25) is 0 Å². The molecule has 13 heavy (non-hydrogen) atoms. The average Bonchev–Trinajstić information content (AvgIpc) is 2.51. The molecule has 0 fully saturated rings. The molecule has 0 aliphatic carbocycles. The Morgan fingerprint density at radius 2 is 2.23 bits per heavy atom. The standard InChI is InChI=1S/C10H10N2S/c1-7-10(13-6-12-7)8-3-2-4-9(11)5-8/h2-6H,11H2,1H3. The lowest BCUT2D eigenvalue weighted by molar-refractivity contribution is 1.27. The number of rotatable bonds is 1. The number of nitrogen functional groups attached to an aromatic ring is 1. The zero-order valence-electron chi connectivity index (χ0n) is 7.32. The molecule has 0 amide bonds. The largest absolute Gasteiger partial charge is 0.399 e. The van der Waals surface area contributed by atoms with Gasteiger partial charge < -0.3 is 5.73 Å². The lowest BCUT2D eigenvalue weighted by Gasteiger charge is -1.99. The van der Waals surface area contributed by atoms with Crippen molar-refractivity contribution in [3.05, 3.63) is 35.5 Å². The molecule has 0 saturated heterocycles. The van der Waals surface area contributed by atoms with E-state index in [0.717, 1.165) is 16.9 Å². The van der Waals surface area contributed by atoms with Crippen LogP contribution < -0.4 is 5.73 Å². The van der Waals surface area contributed by atoms with Crippen molar-refractivity contribution >= 4 is 17.0 Å². The van der Waals surface area contributed by atoms with Crippen LogP contribution in [0.3, 0.4) is 0 Å². The predicted molar refractivity (Wildman–Crippen MR) is 56.7 cm³/mol. The molecule has 66 valence electrons. The first-order valence-corrected chi connectivity index (χ1v) is 4.91. The molecule has 0 unspecified atom stereocenters. The minimum atomic E-state index is 0.797. The Morgan fingerprint density at radius 1 is 1.38 bits per heavy atom. The van der Waals surface area contributed by atoms with Gasteiger partial charge in [-0.3, -0.25) is 0 Å². The molecule has 0 aliphatic rings. The summed E-state index contributed by atoms with van der Waals surface area (Å²) >= 11 is 1.64. The number of anilines is 1. The molecule has 1 aromatic carbocycles. The summed E-state index contributed by atoms with van der Waals surface area (Å²) in [6.07, 6.45) is 0. The summed E-state index contributed by atoms with van der Waals surface area (Å²) in [6.45, 7) is 2.01. The van der Waals surface area contributed by atoms with Crippen LogP contribution in [0, 0.1) is 6.92 Å². The molecule has 2 N–H and O–H groups in total. The zero-order chi connectivity index (χ0) is 9.26. The Hall–Kier alpha value is -1.35. The van der Waals surface area contributed by atoms with Crippen LogP contribution in [0.1, 0.15) is 5.69 Å². The van der Waals surface area contributed by atoms with E-state index < -0.39 is 0 Å². The Balaban J connectivity index is 2.53. The number of nitrogens with two attached hydrogens (primary N) is 1. The molecular formula is C10H10N2S. The van der Waals surface area contributed by atoms with E-state index >= 15 is 0 Å². The molecule has 2 nitrogen and oxygen atoms in total. The van der Waals surface area contributed by atoms with Crippen LogP contribution in [0.4, 0.5) is 5.69 Å². The average molecular weight is 190 g/mol. The Morgan fingerprint density at radius 3 is 2.85 bits per heavy atom. The minimum Gasteiger partial charge on any atom is -0.399 e. The maximum absolute atomic E-state index is 5.70. The highest BCUT2D eigenvalue weighted by atomic mass is 32.1. The summed E-state index contributed by atoms with van der Waals surface area (Å²) in [5.74, 6) is 0. The van der Waals surface area contributed by atoms with Gasteiger partial charge in [0.05, 0.1) is 16.1 Å². The highest BCUT2D eigenvalue weighted by Crippen LogP contribution is 2.27. The van der Waals surface area contributed by atoms with Gasteiger partial charge in [0.1, 0.15) is 0 Å². The van der Waals surface area contributed by atoms with Crippen molar-refractivity contribution in [1.82, 2.24) is 4.98 Å². The zero-order valence-corrected chi connectivity index (χ0v) is 8.14. The first kappa shape index (κ1) is 8.26. The number of hydrogen-bond acceptors (Lipinski definition) is 3. The van der Waals surface area contributed by atoms with Gasteiger partial charge in [0, 0.05) is 5.69 Å². The van der Waals surface area contributed by atoms with Gasteiger partial charge in [-0.25, -0.2) is 4.98 Å². The van der Waals surface area contributed by atoms with Gasteiger partial charge in [0.15, 0.2) is 0 Å². The fraction of sp³-hybridized carbons (Fsp3) is 0.100. The lowest BCUT2D eigenvalue weighted by atomic mass is 10.1. The SMILES string of the molecule is Cc1ncsc1-c1cccc(N)c1. The summed E-state index contributed by atoms with van der Waals surface area (Å²) in [4.78, 5) is 5.40. The predicted octanol–water partition coefficient (Wildman–Crippen LogP) is 2.70. The third-order valence-electron chi connectivity index (χ3n) is 1.89. The Bertz CT molecular complexity index is 420. The van der Waals surface area contributed by atoms with Crippen LogP contribution in [-0.2, 0) is 0 Å². The Kier molecular flexibility index (Phi) is 2.02. The van der Waals surface area contributed by atoms with E-state index in [0.29, 0.717) is 0 Å². The normalized spacial score (nSPS) is 10.2. The molecule has 3 heteroatoms. The third kappa shape index (κ3) is 1.55. The van der Waals surface area contributed by atoms with E-state index in [4.69, 9.17) is 5.73 Å². The van der Waals surface area contributed by atoms with Crippen LogP contribution in [0.15, 0.2) is 29.8 Å². The smallest absolute Gasteiger partial charge is 0.0801 e. The fourth-order valence-electron chi connectivity index (χ4n) is 1.26. The lowest BCUT2D eigenvalue weighted by Crippen LogP contribution is -1.84. The number of thiazole rings is 1. The molecule has 0 saturated carbocycles. The number of aromatic nitrogens is 1. The summed E-state index contributed by atoms with van der Waals surface area (Å²) in [7, 11) is 0. The molecule has 0 spiro atoms. The third-order valence-corrected chi connectivity index (χ3v) is 2.87. The topological polar surface area (TPSA) is 38.9 Å². The van der Waals surface area contributed by atoms with Gasteiger partial charge in [-0.15, -0.1) is 11.3 Å². The van der Waals surface area contributed by atoms with E-state index in [9.17, 15) is 0 Å². The maximum Gasteiger partial charge on any atom is 0.0801 e. The van der Waals surface area contributed by atoms with Crippen molar-refractivity contribution in [3.63, 3.8) is 0 Å². The minimum absolute atomic E-state index is 0.797. The fourth-order valence-corrected chi connectivity index (χ4v) is 2.06. The van der Waals surface area contributed by atoms with Gasteiger partial charge >= 0.3 is 0 Å². The van der Waals surface area contributed by atoms with E-state index in [2.05, 4.69) is 11.1 Å². The van der Waals surface area contributed by atoms with Crippen molar-refractivity contribution in [2.45, 2.75) is 6.92 Å². The molecule has 0 atom stereocenters. The van der Waals surface area contributed by atoms with Crippen molar-refractivity contribution in [2.75, 3.05) is 5.73 Å². The van der Waals surface area contributed by atoms with Gasteiger partial charge in [0.25, 0.3) is 0 Å². The summed E-state index contributed by atoms with van der Waals surface area (Å²) in [5, 5.41) is 0. The van der Waals surface area contributed by atoms with E-state index in [1.807, 2.05) is 30.6 Å². The highest BCUT2D eigenvalue weighted by molar-refractivity contribution is 7.13. The monoisotopic (exact) mass is 190 g/mol. The van der Waals surface area contributed by atoms with Crippen molar-refractivity contribution < 1.29 is 0 Å². The van der Waals surface area contributed by atoms with E-state index in [1.54, 1.807) is 11.3 Å². The molecule has 0 radical (unpaired) electrons. The van der Waals surface area contributed by atoms with Gasteiger partial charge in [-0.2, -0.15) is 0 Å². The highest BCUT2D eigenvalue weighted by Gasteiger charge is 2.03. The van der Waals surface area contributed by atoms with Crippen LogP contribution >= 0.6 is 11.3 Å². The second kappa shape index (κ2) is 3.18. The van der Waals surface area contributed by atoms with E-state index in [1.165, 1.54) is 4.88 Å². The van der Waals surface area contributed by atoms with Crippen LogP contribution in [0.25, 0.3) is 10.4 Å². The molecular weight excluding hydrogens is 180 g/mol. The van der Waals surface area contributed by atoms with Crippen LogP contribution in [0.2, 0.25) is 0 Å². The summed E-state index contributed by atoms with van der Waals surface area (Å²) in [6, 6.07) is 7.88. The van der Waals surface area contributed by atoms with Crippen LogP contribution in [-0.4, -0.2) is 4.98 Å². The number of hydrogen-bond donors (Lipinski definition) is 1. The summed E-state index contributed by atoms with van der Waals surface area (Å²) < 4.78 is 0. The van der Waals surface area contributed by atoms with Crippen molar-refractivity contribution in [3.8, 4) is 10.4 Å². The molecule has 2 rings (SSSR count).